The summed E-state index contributed by atoms with van der Waals surface area (Å²) in [6.07, 6.45) is 4.54. The number of primary sulfonamides is 1. The Morgan fingerprint density at radius 3 is 2.46 bits per heavy atom. The van der Waals surface area contributed by atoms with Crippen molar-refractivity contribution in [2.45, 2.75) is 42.4 Å². The van der Waals surface area contributed by atoms with Gasteiger partial charge in [-0.3, -0.25) is 9.52 Å². The third-order valence-electron chi connectivity index (χ3n) is 6.56. The molecule has 1 fully saturated rings. The minimum Gasteiger partial charge on any atom is -0.342 e. The van der Waals surface area contributed by atoms with Gasteiger partial charge in [-0.2, -0.15) is 4.37 Å². The van der Waals surface area contributed by atoms with Crippen molar-refractivity contribution in [2.75, 3.05) is 17.8 Å². The van der Waals surface area contributed by atoms with Crippen molar-refractivity contribution in [1.82, 2.24) is 23.8 Å². The number of amides is 1. The fraction of sp³-hybridized carbons (Fsp3) is 0.292. The van der Waals surface area contributed by atoms with E-state index in [1.165, 1.54) is 31.3 Å². The number of likely N-dealkylation sites (tertiary alicyclic amines) is 1. The number of carbonyl (C=O) groups is 1. The van der Waals surface area contributed by atoms with E-state index in [1.807, 2.05) is 0 Å². The van der Waals surface area contributed by atoms with Gasteiger partial charge in [-0.15, -0.1) is 5.10 Å². The van der Waals surface area contributed by atoms with E-state index >= 15 is 0 Å². The van der Waals surface area contributed by atoms with Crippen molar-refractivity contribution < 1.29 is 21.6 Å². The molecule has 2 aromatic carbocycles. The Balaban J connectivity index is 1.43. The summed E-state index contributed by atoms with van der Waals surface area (Å²) in [5.41, 5.74) is 1.31. The summed E-state index contributed by atoms with van der Waals surface area (Å²) < 4.78 is 61.7. The molecular formula is C24H24ClN7O5S4. The van der Waals surface area contributed by atoms with Crippen molar-refractivity contribution in [3.8, 4) is 21.6 Å². The van der Waals surface area contributed by atoms with E-state index < -0.39 is 20.0 Å². The number of anilines is 1. The fourth-order valence-corrected chi connectivity index (χ4v) is 8.15. The van der Waals surface area contributed by atoms with E-state index in [4.69, 9.17) is 16.7 Å². The van der Waals surface area contributed by atoms with Crippen molar-refractivity contribution in [3.63, 3.8) is 0 Å². The molecule has 1 amide bonds. The molecule has 12 nitrogen and oxygen atoms in total. The normalized spacial score (nSPS) is 14.3. The predicted molar refractivity (Wildman–Crippen MR) is 157 cm³/mol. The lowest BCUT2D eigenvalue weighted by Gasteiger charge is -2.26. The molecule has 0 saturated carbocycles. The molecule has 3 heterocycles. The molecule has 1 aliphatic heterocycles. The summed E-state index contributed by atoms with van der Waals surface area (Å²) in [6, 6.07) is 7.29. The van der Waals surface area contributed by atoms with E-state index in [1.54, 1.807) is 17.0 Å². The van der Waals surface area contributed by atoms with E-state index in [2.05, 4.69) is 23.7 Å². The van der Waals surface area contributed by atoms with Crippen molar-refractivity contribution >= 4 is 65.8 Å². The first-order valence-corrected chi connectivity index (χ1v) is 17.3. The van der Waals surface area contributed by atoms with Gasteiger partial charge < -0.3 is 4.90 Å². The highest BCUT2D eigenvalue weighted by Gasteiger charge is 2.26. The molecule has 216 valence electrons. The van der Waals surface area contributed by atoms with E-state index in [9.17, 15) is 21.6 Å². The molecular weight excluding hydrogens is 630 g/mol. The Bertz CT molecular complexity index is 1820. The molecule has 41 heavy (non-hydrogen) atoms. The largest absolute Gasteiger partial charge is 0.342 e. The first kappa shape index (κ1) is 29.5. The molecule has 0 bridgehead atoms. The average molecular weight is 654 g/mol. The minimum atomic E-state index is -4.16. The molecule has 1 saturated heterocycles. The lowest BCUT2D eigenvalue weighted by Crippen LogP contribution is -2.36. The number of hydrogen-bond donors (Lipinski definition) is 2. The van der Waals surface area contributed by atoms with Crippen molar-refractivity contribution in [3.05, 3.63) is 52.9 Å². The van der Waals surface area contributed by atoms with Crippen LogP contribution in [0.1, 0.15) is 30.7 Å². The molecule has 0 radical (unpaired) electrons. The third kappa shape index (κ3) is 6.42. The van der Waals surface area contributed by atoms with Crippen LogP contribution in [-0.4, -0.2) is 59.7 Å². The minimum absolute atomic E-state index is 0.00780. The van der Waals surface area contributed by atoms with Gasteiger partial charge in [-0.05, 0) is 67.0 Å². The number of nitrogens with zero attached hydrogens (tertiary/aromatic N) is 5. The standard InChI is InChI=1S/C24H24ClN7O5S4/c1-14-19(41(36,37)30-24-28-21(29-39-24)12-22(33)32-9-3-2-4-10-32)8-6-16(23(14)25)17-11-15(18-13-27-31-38-18)5-7-20(17)40(26,34)35/h5-8,11,13H,2-4,9-10,12H2,1H3,(H2,26,34,35)(H,28,29,30). The second-order valence-electron chi connectivity index (χ2n) is 9.33. The zero-order chi connectivity index (χ0) is 29.4. The van der Waals surface area contributed by atoms with Crippen LogP contribution in [0.15, 0.2) is 46.3 Å². The number of sulfonamides is 2. The van der Waals surface area contributed by atoms with E-state index in [-0.39, 0.29) is 54.8 Å². The molecule has 0 unspecified atom stereocenters. The molecule has 0 spiro atoms. The Labute approximate surface area is 250 Å². The lowest BCUT2D eigenvalue weighted by molar-refractivity contribution is -0.131. The lowest BCUT2D eigenvalue weighted by atomic mass is 10.0. The third-order valence-corrected chi connectivity index (χ3v) is 11.0. The Kier molecular flexibility index (Phi) is 8.41. The van der Waals surface area contributed by atoms with Crippen LogP contribution in [0, 0.1) is 6.92 Å². The number of rotatable bonds is 8. The van der Waals surface area contributed by atoms with Crippen LogP contribution in [0.2, 0.25) is 5.02 Å². The van der Waals surface area contributed by atoms with Crippen LogP contribution in [0.4, 0.5) is 5.13 Å². The smallest absolute Gasteiger partial charge is 0.264 e. The maximum Gasteiger partial charge on any atom is 0.264 e. The monoisotopic (exact) mass is 653 g/mol. The van der Waals surface area contributed by atoms with Gasteiger partial charge in [-0.25, -0.2) is 27.0 Å². The van der Waals surface area contributed by atoms with Crippen LogP contribution in [-0.2, 0) is 31.3 Å². The summed E-state index contributed by atoms with van der Waals surface area (Å²) in [5.74, 6) is 0.143. The second kappa shape index (κ2) is 11.7. The van der Waals surface area contributed by atoms with Crippen molar-refractivity contribution in [2.24, 2.45) is 5.14 Å². The highest BCUT2D eigenvalue weighted by molar-refractivity contribution is 7.93. The number of hydrogen-bond acceptors (Lipinski definition) is 11. The molecule has 0 aliphatic carbocycles. The van der Waals surface area contributed by atoms with Gasteiger partial charge in [0.25, 0.3) is 10.0 Å². The van der Waals surface area contributed by atoms with Crippen LogP contribution in [0.25, 0.3) is 21.6 Å². The first-order chi connectivity index (χ1) is 19.4. The van der Waals surface area contributed by atoms with Gasteiger partial charge in [0.05, 0.1) is 32.3 Å². The summed E-state index contributed by atoms with van der Waals surface area (Å²) in [7, 11) is -8.31. The van der Waals surface area contributed by atoms with Gasteiger partial charge >= 0.3 is 0 Å². The van der Waals surface area contributed by atoms with E-state index in [0.717, 1.165) is 42.3 Å². The molecule has 2 aromatic heterocycles. The molecule has 0 atom stereocenters. The topological polar surface area (TPSA) is 178 Å². The maximum atomic E-state index is 13.3. The maximum absolute atomic E-state index is 13.3. The number of halogens is 1. The van der Waals surface area contributed by atoms with E-state index in [0.29, 0.717) is 23.5 Å². The highest BCUT2D eigenvalue weighted by atomic mass is 35.5. The summed E-state index contributed by atoms with van der Waals surface area (Å²) >= 11 is 8.61. The fourth-order valence-electron chi connectivity index (χ4n) is 4.53. The van der Waals surface area contributed by atoms with Crippen LogP contribution in [0.3, 0.4) is 0 Å². The Hall–Kier alpha value is -3.02. The zero-order valence-corrected chi connectivity index (χ0v) is 25.6. The number of nitrogens with two attached hydrogens (primary N) is 1. The molecule has 4 aromatic rings. The van der Waals surface area contributed by atoms with Gasteiger partial charge in [0, 0.05) is 35.7 Å². The molecule has 3 N–H and O–H groups in total. The van der Waals surface area contributed by atoms with Crippen LogP contribution < -0.4 is 9.86 Å². The first-order valence-electron chi connectivity index (χ1n) is 12.3. The van der Waals surface area contributed by atoms with Gasteiger partial charge in [0.15, 0.2) is 5.82 Å². The summed E-state index contributed by atoms with van der Waals surface area (Å²) in [4.78, 5) is 18.9. The SMILES string of the molecule is Cc1c(S(=O)(=O)Nc2nc(CC(=O)N3CCCCC3)ns2)ccc(-c2cc(-c3cnns3)ccc2S(N)(=O)=O)c1Cl. The second-order valence-corrected chi connectivity index (χ2v) is 14.4. The van der Waals surface area contributed by atoms with Crippen molar-refractivity contribution in [1.29, 1.82) is 0 Å². The Morgan fingerprint density at radius 1 is 1.05 bits per heavy atom. The summed E-state index contributed by atoms with van der Waals surface area (Å²) in [6.45, 7) is 2.91. The number of carbonyl (C=O) groups excluding carboxylic acids is 1. The quantitative estimate of drug-likeness (QED) is 0.287. The highest BCUT2D eigenvalue weighted by Crippen LogP contribution is 2.39. The number of benzene rings is 2. The van der Waals surface area contributed by atoms with Crippen LogP contribution >= 0.6 is 34.7 Å². The molecule has 1 aliphatic rings. The van der Waals surface area contributed by atoms with Crippen LogP contribution in [0.5, 0.6) is 0 Å². The van der Waals surface area contributed by atoms with Gasteiger partial charge in [-0.1, -0.05) is 28.2 Å². The Morgan fingerprint density at radius 2 is 1.78 bits per heavy atom. The number of aromatic nitrogens is 4. The summed E-state index contributed by atoms with van der Waals surface area (Å²) in [5, 5.41) is 9.33. The number of nitrogens with one attached hydrogen (secondary N) is 1. The average Bonchev–Trinajstić information content (AvgIpc) is 3.62. The zero-order valence-electron chi connectivity index (χ0n) is 21.6. The predicted octanol–water partition coefficient (Wildman–Crippen LogP) is 3.69. The van der Waals surface area contributed by atoms with Gasteiger partial charge in [0.1, 0.15) is 0 Å². The molecule has 5 rings (SSSR count). The van der Waals surface area contributed by atoms with Gasteiger partial charge in [0.2, 0.25) is 21.1 Å². The molecule has 17 heteroatoms. The number of piperidine rings is 1.